The average molecular weight is 484 g/mol. The van der Waals surface area contributed by atoms with E-state index in [0.29, 0.717) is 11.5 Å². The predicted octanol–water partition coefficient (Wildman–Crippen LogP) is 4.50. The molecule has 4 heterocycles. The zero-order valence-corrected chi connectivity index (χ0v) is 20.1. The van der Waals surface area contributed by atoms with Crippen LogP contribution in [-0.4, -0.2) is 66.6 Å². The number of alkyl carbamates (subject to hydrolysis) is 1. The summed E-state index contributed by atoms with van der Waals surface area (Å²) in [6.45, 7) is 5.86. The van der Waals surface area contributed by atoms with E-state index < -0.39 is 30.6 Å². The predicted molar refractivity (Wildman–Crippen MR) is 128 cm³/mol. The molecule has 0 aromatic heterocycles. The van der Waals surface area contributed by atoms with Crippen molar-refractivity contribution in [2.45, 2.75) is 44.3 Å². The van der Waals surface area contributed by atoms with E-state index in [4.69, 9.17) is 4.74 Å². The van der Waals surface area contributed by atoms with Crippen molar-refractivity contribution in [3.05, 3.63) is 59.7 Å². The van der Waals surface area contributed by atoms with E-state index in [1.807, 2.05) is 50.2 Å². The Kier molecular flexibility index (Phi) is 6.03. The van der Waals surface area contributed by atoms with Crippen LogP contribution in [-0.2, 0) is 10.3 Å². The molecule has 8 heteroatoms. The van der Waals surface area contributed by atoms with Crippen LogP contribution < -0.4 is 5.32 Å². The van der Waals surface area contributed by atoms with Crippen molar-refractivity contribution < 1.29 is 23.1 Å². The van der Waals surface area contributed by atoms with Crippen LogP contribution in [0.15, 0.2) is 48.5 Å². The Hall–Kier alpha value is -3.00. The van der Waals surface area contributed by atoms with Crippen molar-refractivity contribution in [1.82, 2.24) is 15.1 Å². The Morgan fingerprint density at radius 1 is 0.971 bits per heavy atom. The fourth-order valence-corrected chi connectivity index (χ4v) is 5.26. The van der Waals surface area contributed by atoms with Gasteiger partial charge in [0.05, 0.1) is 18.6 Å². The number of nitrogens with one attached hydrogen (secondary N) is 1. The van der Waals surface area contributed by atoms with Crippen LogP contribution in [0.1, 0.15) is 42.6 Å². The van der Waals surface area contributed by atoms with Gasteiger partial charge in [-0.25, -0.2) is 13.6 Å². The number of alkyl halides is 2. The van der Waals surface area contributed by atoms with E-state index in [-0.39, 0.29) is 12.0 Å². The van der Waals surface area contributed by atoms with Gasteiger partial charge >= 0.3 is 6.09 Å². The second kappa shape index (κ2) is 8.90. The van der Waals surface area contributed by atoms with Crippen LogP contribution >= 0.6 is 0 Å². The van der Waals surface area contributed by atoms with Crippen LogP contribution in [0.4, 0.5) is 13.6 Å². The number of carbonyl (C=O) groups is 2. The minimum absolute atomic E-state index is 0.0388. The first kappa shape index (κ1) is 23.7. The first-order valence-electron chi connectivity index (χ1n) is 12.2. The molecule has 6 rings (SSSR count). The fraction of sp³-hybridized carbons (Fsp3) is 0.481. The molecule has 0 spiro atoms. The smallest absolute Gasteiger partial charge is 0.408 e. The molecule has 2 amide bonds. The summed E-state index contributed by atoms with van der Waals surface area (Å²) >= 11 is 0. The summed E-state index contributed by atoms with van der Waals surface area (Å²) in [5.74, 6) is -2.69. The lowest BCUT2D eigenvalue weighted by Crippen LogP contribution is -2.58. The highest BCUT2D eigenvalue weighted by atomic mass is 19.3. The lowest BCUT2D eigenvalue weighted by atomic mass is 9.86. The van der Waals surface area contributed by atoms with Crippen LogP contribution in [0.3, 0.4) is 0 Å². The second-order valence-corrected chi connectivity index (χ2v) is 10.5. The average Bonchev–Trinajstić information content (AvgIpc) is 2.82. The van der Waals surface area contributed by atoms with Crippen molar-refractivity contribution in [3.63, 3.8) is 0 Å². The second-order valence-electron chi connectivity index (χ2n) is 10.5. The Morgan fingerprint density at radius 3 is 2.06 bits per heavy atom. The number of likely N-dealkylation sites (tertiary alicyclic amines) is 1. The lowest BCUT2D eigenvalue weighted by molar-refractivity contribution is -0.113. The van der Waals surface area contributed by atoms with Crippen LogP contribution in [0.25, 0.3) is 11.1 Å². The third-order valence-corrected chi connectivity index (χ3v) is 7.47. The Bertz CT molecular complexity index is 1090. The van der Waals surface area contributed by atoms with Crippen molar-refractivity contribution in [2.75, 3.05) is 32.7 Å². The molecule has 1 atom stereocenters. The third-order valence-electron chi connectivity index (χ3n) is 7.47. The van der Waals surface area contributed by atoms with Crippen molar-refractivity contribution in [1.29, 1.82) is 0 Å². The largest absolute Gasteiger partial charge is 0.445 e. The number of ether oxygens (including phenoxy) is 1. The van der Waals surface area contributed by atoms with Crippen molar-refractivity contribution in [3.8, 4) is 11.1 Å². The van der Waals surface area contributed by atoms with Crippen LogP contribution in [0.5, 0.6) is 0 Å². The fourth-order valence-electron chi connectivity index (χ4n) is 5.26. The molecule has 4 aliphatic heterocycles. The standard InChI is InChI=1S/C27H31F2N3O3/c1-26(2,30-25(34)35-23-15-31-13-11-20(23)12-14-31)22-9-7-19(8-10-22)18-3-5-21(6-4-18)24(33)32-16-27(28,29)17-32/h3-10,20,23H,11-17H2,1-2H3,(H,30,34). The summed E-state index contributed by atoms with van der Waals surface area (Å²) in [7, 11) is 0. The number of fused-ring (bicyclic) bond motifs is 3. The highest BCUT2D eigenvalue weighted by Gasteiger charge is 2.46. The summed E-state index contributed by atoms with van der Waals surface area (Å²) in [5, 5.41) is 3.01. The van der Waals surface area contributed by atoms with Gasteiger partial charge in [0.15, 0.2) is 0 Å². The molecule has 2 aromatic carbocycles. The molecule has 0 saturated carbocycles. The maximum absolute atomic E-state index is 13.0. The molecule has 0 radical (unpaired) electrons. The summed E-state index contributed by atoms with van der Waals surface area (Å²) in [6.07, 6.45) is 1.75. The molecule has 35 heavy (non-hydrogen) atoms. The van der Waals surface area contributed by atoms with E-state index in [2.05, 4.69) is 10.2 Å². The van der Waals surface area contributed by atoms with Crippen molar-refractivity contribution >= 4 is 12.0 Å². The van der Waals surface area contributed by atoms with E-state index in [1.54, 1.807) is 12.1 Å². The van der Waals surface area contributed by atoms with Gasteiger partial charge in [-0.05, 0) is 74.5 Å². The SMILES string of the molecule is CC(C)(NC(=O)OC1CN2CCC1CC2)c1ccc(-c2ccc(C(=O)N3CC(F)(F)C3)cc2)cc1. The van der Waals surface area contributed by atoms with E-state index in [9.17, 15) is 18.4 Å². The molecule has 2 aromatic rings. The van der Waals surface area contributed by atoms with Crippen LogP contribution in [0.2, 0.25) is 0 Å². The van der Waals surface area contributed by atoms with E-state index in [0.717, 1.165) is 54.1 Å². The molecule has 1 N–H and O–H groups in total. The number of hydrogen-bond donors (Lipinski definition) is 1. The van der Waals surface area contributed by atoms with Crippen molar-refractivity contribution in [2.24, 2.45) is 5.92 Å². The summed E-state index contributed by atoms with van der Waals surface area (Å²) in [5.41, 5.74) is 2.59. The maximum atomic E-state index is 13.0. The highest BCUT2D eigenvalue weighted by Crippen LogP contribution is 2.31. The molecular weight excluding hydrogens is 452 g/mol. The number of rotatable bonds is 5. The van der Waals surface area contributed by atoms with E-state index >= 15 is 0 Å². The van der Waals surface area contributed by atoms with Gasteiger partial charge in [-0.2, -0.15) is 0 Å². The van der Waals surface area contributed by atoms with Gasteiger partial charge in [0, 0.05) is 12.1 Å². The number of halogens is 2. The van der Waals surface area contributed by atoms with Gasteiger partial charge in [-0.1, -0.05) is 36.4 Å². The Labute approximate surface area is 204 Å². The van der Waals surface area contributed by atoms with E-state index in [1.165, 1.54) is 0 Å². The first-order valence-corrected chi connectivity index (χ1v) is 12.2. The Morgan fingerprint density at radius 2 is 1.54 bits per heavy atom. The Balaban J connectivity index is 1.19. The topological polar surface area (TPSA) is 61.9 Å². The molecular formula is C27H31F2N3O3. The number of benzene rings is 2. The normalized spacial score (nSPS) is 25.0. The number of hydrogen-bond acceptors (Lipinski definition) is 4. The number of carbonyl (C=O) groups excluding carboxylic acids is 2. The molecule has 186 valence electrons. The first-order chi connectivity index (χ1) is 16.6. The van der Waals surface area contributed by atoms with Gasteiger partial charge in [-0.3, -0.25) is 9.69 Å². The van der Waals surface area contributed by atoms with Gasteiger partial charge in [0.1, 0.15) is 6.10 Å². The minimum atomic E-state index is -2.77. The summed E-state index contributed by atoms with van der Waals surface area (Å²) < 4.78 is 31.9. The number of piperidine rings is 3. The number of nitrogens with zero attached hydrogens (tertiary/aromatic N) is 2. The quantitative estimate of drug-likeness (QED) is 0.680. The summed E-state index contributed by atoms with van der Waals surface area (Å²) in [4.78, 5) is 28.5. The van der Waals surface area contributed by atoms with Gasteiger partial charge in [-0.15, -0.1) is 0 Å². The molecule has 4 fully saturated rings. The zero-order valence-electron chi connectivity index (χ0n) is 20.1. The third kappa shape index (κ3) is 5.03. The minimum Gasteiger partial charge on any atom is -0.445 e. The molecule has 6 nitrogen and oxygen atoms in total. The lowest BCUT2D eigenvalue weighted by Gasteiger charge is -2.44. The molecule has 0 aliphatic carbocycles. The molecule has 1 unspecified atom stereocenters. The highest BCUT2D eigenvalue weighted by molar-refractivity contribution is 5.95. The summed E-state index contributed by atoms with van der Waals surface area (Å²) in [6, 6.07) is 14.8. The van der Waals surface area contributed by atoms with Gasteiger partial charge in [0.25, 0.3) is 11.8 Å². The number of amides is 2. The molecule has 4 aliphatic rings. The molecule has 4 saturated heterocycles. The molecule has 2 bridgehead atoms. The maximum Gasteiger partial charge on any atom is 0.408 e. The van der Waals surface area contributed by atoms with Gasteiger partial charge in [0.2, 0.25) is 0 Å². The van der Waals surface area contributed by atoms with Crippen LogP contribution in [0, 0.1) is 5.92 Å². The monoisotopic (exact) mass is 483 g/mol. The van der Waals surface area contributed by atoms with Gasteiger partial charge < -0.3 is 15.0 Å². The zero-order chi connectivity index (χ0) is 24.8.